The van der Waals surface area contributed by atoms with Crippen LogP contribution in [-0.2, 0) is 0 Å². The Bertz CT molecular complexity index is 377. The van der Waals surface area contributed by atoms with Gasteiger partial charge in [-0.25, -0.2) is 0 Å². The maximum Gasteiger partial charge on any atom is 0.0664 e. The van der Waals surface area contributed by atoms with Crippen LogP contribution in [0.2, 0.25) is 10.0 Å². The van der Waals surface area contributed by atoms with E-state index in [1.54, 1.807) is 0 Å². The Morgan fingerprint density at radius 3 is 2.87 bits per heavy atom. The molecule has 0 spiro atoms. The van der Waals surface area contributed by atoms with E-state index in [4.69, 9.17) is 23.2 Å². The molecule has 3 heteroatoms. The lowest BCUT2D eigenvalue weighted by atomic mass is 10.0. The fraction of sp³-hybridized carbons (Fsp3) is 0.333. The number of rotatable bonds is 1. The van der Waals surface area contributed by atoms with E-state index < -0.39 is 0 Å². The van der Waals surface area contributed by atoms with Gasteiger partial charge in [-0.15, -0.1) is 0 Å². The Labute approximate surface area is 100 Å². The Hall–Kier alpha value is -0.500. The van der Waals surface area contributed by atoms with Crippen molar-refractivity contribution >= 4 is 29.3 Å². The molecule has 1 saturated heterocycles. The van der Waals surface area contributed by atoms with Crippen LogP contribution in [0.1, 0.15) is 18.4 Å². The van der Waals surface area contributed by atoms with Gasteiger partial charge in [0.25, 0.3) is 0 Å². The summed E-state index contributed by atoms with van der Waals surface area (Å²) in [5, 5.41) is 4.62. The maximum absolute atomic E-state index is 6.12. The van der Waals surface area contributed by atoms with E-state index in [1.165, 1.54) is 12.0 Å². The first-order valence-corrected chi connectivity index (χ1v) is 5.87. The van der Waals surface area contributed by atoms with Crippen LogP contribution in [0.3, 0.4) is 0 Å². The first-order valence-electron chi connectivity index (χ1n) is 5.11. The van der Waals surface area contributed by atoms with Crippen molar-refractivity contribution in [1.82, 2.24) is 5.32 Å². The minimum Gasteiger partial charge on any atom is -0.313 e. The normalized spacial score (nSPS) is 19.5. The van der Waals surface area contributed by atoms with Crippen LogP contribution in [0.15, 0.2) is 23.8 Å². The molecule has 1 fully saturated rings. The van der Waals surface area contributed by atoms with E-state index in [1.807, 2.05) is 18.2 Å². The fourth-order valence-corrected chi connectivity index (χ4v) is 2.12. The molecule has 1 aromatic carbocycles. The van der Waals surface area contributed by atoms with Crippen molar-refractivity contribution in [1.29, 1.82) is 0 Å². The first kappa shape index (κ1) is 11.0. The smallest absolute Gasteiger partial charge is 0.0664 e. The Balaban J connectivity index is 2.25. The SMILES string of the molecule is Clc1cccc(/C=C2/CCCNC2)c1Cl. The predicted octanol–water partition coefficient (Wildman–Crippen LogP) is 3.76. The molecule has 1 aliphatic rings. The first-order chi connectivity index (χ1) is 7.27. The largest absolute Gasteiger partial charge is 0.313 e. The van der Waals surface area contributed by atoms with E-state index in [9.17, 15) is 0 Å². The van der Waals surface area contributed by atoms with E-state index in [0.717, 1.165) is 25.1 Å². The van der Waals surface area contributed by atoms with Crippen molar-refractivity contribution in [2.75, 3.05) is 13.1 Å². The zero-order valence-corrected chi connectivity index (χ0v) is 9.91. The van der Waals surface area contributed by atoms with Crippen LogP contribution in [0.5, 0.6) is 0 Å². The van der Waals surface area contributed by atoms with Gasteiger partial charge in [-0.1, -0.05) is 47.0 Å². The van der Waals surface area contributed by atoms with Crippen molar-refractivity contribution in [3.63, 3.8) is 0 Å². The Morgan fingerprint density at radius 1 is 1.27 bits per heavy atom. The van der Waals surface area contributed by atoms with E-state index >= 15 is 0 Å². The standard InChI is InChI=1S/C12H13Cl2N/c13-11-5-1-4-10(12(11)14)7-9-3-2-6-15-8-9/h1,4-5,7,15H,2-3,6,8H2/b9-7-. The van der Waals surface area contributed by atoms with Gasteiger partial charge >= 0.3 is 0 Å². The third kappa shape index (κ3) is 2.75. The summed E-state index contributed by atoms with van der Waals surface area (Å²) in [6.07, 6.45) is 4.49. The van der Waals surface area contributed by atoms with Crippen LogP contribution in [-0.4, -0.2) is 13.1 Å². The van der Waals surface area contributed by atoms with Crippen LogP contribution >= 0.6 is 23.2 Å². The van der Waals surface area contributed by atoms with Gasteiger partial charge in [-0.05, 0) is 31.0 Å². The van der Waals surface area contributed by atoms with Gasteiger partial charge in [-0.3, -0.25) is 0 Å². The van der Waals surface area contributed by atoms with Gasteiger partial charge in [0, 0.05) is 6.54 Å². The summed E-state index contributed by atoms with van der Waals surface area (Å²) in [6, 6.07) is 5.73. The second kappa shape index (κ2) is 5.02. The summed E-state index contributed by atoms with van der Waals surface area (Å²) >= 11 is 12.1. The zero-order chi connectivity index (χ0) is 10.7. The molecule has 0 amide bonds. The van der Waals surface area contributed by atoms with Gasteiger partial charge in [0.1, 0.15) is 0 Å². The third-order valence-corrected chi connectivity index (χ3v) is 3.38. The molecule has 1 heterocycles. The van der Waals surface area contributed by atoms with E-state index in [0.29, 0.717) is 10.0 Å². The number of piperidine rings is 1. The summed E-state index contributed by atoms with van der Waals surface area (Å²) < 4.78 is 0. The van der Waals surface area contributed by atoms with Crippen molar-refractivity contribution in [2.45, 2.75) is 12.8 Å². The third-order valence-electron chi connectivity index (χ3n) is 2.54. The molecule has 0 aromatic heterocycles. The highest BCUT2D eigenvalue weighted by molar-refractivity contribution is 6.42. The topological polar surface area (TPSA) is 12.0 Å². The number of halogens is 2. The van der Waals surface area contributed by atoms with Crippen molar-refractivity contribution in [3.05, 3.63) is 39.4 Å². The quantitative estimate of drug-likeness (QED) is 0.790. The molecule has 2 rings (SSSR count). The fourth-order valence-electron chi connectivity index (χ4n) is 1.75. The molecule has 0 radical (unpaired) electrons. The van der Waals surface area contributed by atoms with Gasteiger partial charge in [0.2, 0.25) is 0 Å². The zero-order valence-electron chi connectivity index (χ0n) is 8.39. The van der Waals surface area contributed by atoms with E-state index in [2.05, 4.69) is 11.4 Å². The van der Waals surface area contributed by atoms with Gasteiger partial charge in [-0.2, -0.15) is 0 Å². The summed E-state index contributed by atoms with van der Waals surface area (Å²) in [6.45, 7) is 2.07. The monoisotopic (exact) mass is 241 g/mol. The Kier molecular flexibility index (Phi) is 3.68. The molecule has 0 aliphatic carbocycles. The van der Waals surface area contributed by atoms with Crippen molar-refractivity contribution in [3.8, 4) is 0 Å². The molecule has 0 unspecified atom stereocenters. The van der Waals surface area contributed by atoms with Crippen LogP contribution < -0.4 is 5.32 Å². The molecule has 0 saturated carbocycles. The van der Waals surface area contributed by atoms with Gasteiger partial charge < -0.3 is 5.32 Å². The predicted molar refractivity (Wildman–Crippen MR) is 66.5 cm³/mol. The molecule has 1 aromatic rings. The number of hydrogen-bond donors (Lipinski definition) is 1. The highest BCUT2D eigenvalue weighted by Gasteiger charge is 2.06. The molecular weight excluding hydrogens is 229 g/mol. The minimum absolute atomic E-state index is 0.620. The summed E-state index contributed by atoms with van der Waals surface area (Å²) in [5.41, 5.74) is 2.41. The van der Waals surface area contributed by atoms with Crippen molar-refractivity contribution < 1.29 is 0 Å². The Morgan fingerprint density at radius 2 is 2.13 bits per heavy atom. The van der Waals surface area contributed by atoms with Crippen molar-refractivity contribution in [2.24, 2.45) is 0 Å². The lowest BCUT2D eigenvalue weighted by molar-refractivity contribution is 0.613. The molecule has 1 N–H and O–H groups in total. The molecule has 1 aliphatic heterocycles. The van der Waals surface area contributed by atoms with E-state index in [-0.39, 0.29) is 0 Å². The van der Waals surface area contributed by atoms with Crippen LogP contribution in [0.4, 0.5) is 0 Å². The molecule has 15 heavy (non-hydrogen) atoms. The summed E-state index contributed by atoms with van der Waals surface area (Å²) in [7, 11) is 0. The highest BCUT2D eigenvalue weighted by Crippen LogP contribution is 2.27. The van der Waals surface area contributed by atoms with Gasteiger partial charge in [0.05, 0.1) is 10.0 Å². The second-order valence-corrected chi connectivity index (χ2v) is 4.51. The average molecular weight is 242 g/mol. The summed E-state index contributed by atoms with van der Waals surface area (Å²) in [5.74, 6) is 0. The molecule has 0 atom stereocenters. The number of hydrogen-bond acceptors (Lipinski definition) is 1. The van der Waals surface area contributed by atoms with Crippen LogP contribution in [0.25, 0.3) is 6.08 Å². The maximum atomic E-state index is 6.12. The van der Waals surface area contributed by atoms with Gasteiger partial charge in [0.15, 0.2) is 0 Å². The number of nitrogens with one attached hydrogen (secondary N) is 1. The molecule has 80 valence electrons. The lowest BCUT2D eigenvalue weighted by Crippen LogP contribution is -2.23. The minimum atomic E-state index is 0.620. The second-order valence-electron chi connectivity index (χ2n) is 3.73. The average Bonchev–Trinajstić information content (AvgIpc) is 2.26. The number of benzene rings is 1. The molecule has 1 nitrogen and oxygen atoms in total. The lowest BCUT2D eigenvalue weighted by Gasteiger charge is -2.15. The summed E-state index contributed by atoms with van der Waals surface area (Å²) in [4.78, 5) is 0. The highest BCUT2D eigenvalue weighted by atomic mass is 35.5. The molecular formula is C12H13Cl2N. The molecule has 0 bridgehead atoms. The van der Waals surface area contributed by atoms with Crippen LogP contribution in [0, 0.1) is 0 Å².